The molecule has 1 heterocycles. The van der Waals surface area contributed by atoms with Crippen molar-refractivity contribution in [2.75, 3.05) is 16.8 Å². The Hall–Kier alpha value is -3.73. The molecule has 3 aromatic rings. The number of ether oxygens (including phenoxy) is 1. The van der Waals surface area contributed by atoms with Crippen LogP contribution in [-0.2, 0) is 16.0 Å². The summed E-state index contributed by atoms with van der Waals surface area (Å²) in [4.78, 5) is 28.3. The first-order chi connectivity index (χ1) is 17.4. The van der Waals surface area contributed by atoms with Crippen molar-refractivity contribution in [3.05, 3.63) is 99.5 Å². The number of amides is 2. The number of carbonyl (C=O) groups is 2. The minimum atomic E-state index is -0.576. The van der Waals surface area contributed by atoms with Gasteiger partial charge in [-0.15, -0.1) is 0 Å². The van der Waals surface area contributed by atoms with Gasteiger partial charge < -0.3 is 10.1 Å². The maximum Gasteiger partial charge on any atom is 0.269 e. The second-order valence-electron chi connectivity index (χ2n) is 8.12. The Labute approximate surface area is 219 Å². The molecule has 6 nitrogen and oxygen atoms in total. The molecule has 8 heteroatoms. The number of carbonyl (C=O) groups excluding carboxylic acids is 2. The van der Waals surface area contributed by atoms with Crippen molar-refractivity contribution in [1.29, 1.82) is 5.26 Å². The Morgan fingerprint density at radius 1 is 1.14 bits per heavy atom. The maximum atomic E-state index is 13.6. The molecular formula is C28H24ClN3O3S. The highest BCUT2D eigenvalue weighted by molar-refractivity contribution is 8.05. The first-order valence-corrected chi connectivity index (χ1v) is 12.7. The molecule has 0 spiro atoms. The van der Waals surface area contributed by atoms with Crippen LogP contribution in [0.25, 0.3) is 0 Å². The molecule has 0 radical (unpaired) electrons. The molecule has 0 saturated carbocycles. The fourth-order valence-corrected chi connectivity index (χ4v) is 5.37. The van der Waals surface area contributed by atoms with E-state index in [0.29, 0.717) is 35.2 Å². The molecule has 1 fully saturated rings. The molecule has 36 heavy (non-hydrogen) atoms. The van der Waals surface area contributed by atoms with Gasteiger partial charge >= 0.3 is 0 Å². The van der Waals surface area contributed by atoms with Crippen LogP contribution in [0.4, 0.5) is 11.4 Å². The third kappa shape index (κ3) is 5.56. The summed E-state index contributed by atoms with van der Waals surface area (Å²) in [6.45, 7) is 4.32. The Bertz CT molecular complexity index is 1360. The predicted molar refractivity (Wildman–Crippen MR) is 144 cm³/mol. The summed E-state index contributed by atoms with van der Waals surface area (Å²) in [5.74, 6) is -0.140. The first-order valence-electron chi connectivity index (χ1n) is 11.4. The van der Waals surface area contributed by atoms with E-state index in [1.54, 1.807) is 36.4 Å². The van der Waals surface area contributed by atoms with Gasteiger partial charge in [-0.05, 0) is 73.9 Å². The number of thioether (sulfide) groups is 1. The van der Waals surface area contributed by atoms with Crippen molar-refractivity contribution in [2.45, 2.75) is 25.5 Å². The van der Waals surface area contributed by atoms with Crippen LogP contribution in [0.3, 0.4) is 0 Å². The first kappa shape index (κ1) is 25.4. The second kappa shape index (κ2) is 11.3. The zero-order chi connectivity index (χ0) is 25.7. The fourth-order valence-electron chi connectivity index (χ4n) is 3.86. The van der Waals surface area contributed by atoms with E-state index in [-0.39, 0.29) is 16.5 Å². The van der Waals surface area contributed by atoms with E-state index < -0.39 is 11.2 Å². The molecule has 1 N–H and O–H groups in total. The highest BCUT2D eigenvalue weighted by Crippen LogP contribution is 2.42. The van der Waals surface area contributed by atoms with Crippen LogP contribution >= 0.6 is 23.4 Å². The third-order valence-electron chi connectivity index (χ3n) is 5.55. The Morgan fingerprint density at radius 2 is 1.89 bits per heavy atom. The molecule has 0 bridgehead atoms. The van der Waals surface area contributed by atoms with E-state index in [2.05, 4.69) is 5.32 Å². The molecule has 1 aliphatic rings. The van der Waals surface area contributed by atoms with Crippen LogP contribution in [-0.4, -0.2) is 23.7 Å². The van der Waals surface area contributed by atoms with Crippen molar-refractivity contribution >= 4 is 46.6 Å². The molecule has 182 valence electrons. The van der Waals surface area contributed by atoms with E-state index in [1.807, 2.05) is 56.3 Å². The molecule has 1 saturated heterocycles. The van der Waals surface area contributed by atoms with Gasteiger partial charge in [0.25, 0.3) is 5.91 Å². The molecule has 0 aromatic heterocycles. The fraction of sp³-hybridized carbons (Fsp3) is 0.179. The number of nitrogens with one attached hydrogen (secondary N) is 1. The summed E-state index contributed by atoms with van der Waals surface area (Å²) >= 11 is 7.55. The van der Waals surface area contributed by atoms with Gasteiger partial charge in [0.15, 0.2) is 0 Å². The molecule has 3 aromatic carbocycles. The molecule has 0 aliphatic carbocycles. The van der Waals surface area contributed by atoms with Gasteiger partial charge in [-0.1, -0.05) is 53.7 Å². The Morgan fingerprint density at radius 3 is 2.56 bits per heavy atom. The van der Waals surface area contributed by atoms with E-state index in [4.69, 9.17) is 16.3 Å². The summed E-state index contributed by atoms with van der Waals surface area (Å²) in [5, 5.41) is 13.1. The number of anilines is 2. The van der Waals surface area contributed by atoms with Crippen LogP contribution in [0, 0.1) is 18.3 Å². The van der Waals surface area contributed by atoms with Gasteiger partial charge in [-0.2, -0.15) is 5.26 Å². The lowest BCUT2D eigenvalue weighted by Gasteiger charge is -2.19. The number of aryl methyl sites for hydroxylation is 1. The number of halogens is 1. The average molecular weight is 518 g/mol. The Kier molecular flexibility index (Phi) is 7.99. The number of nitrogens with zero attached hydrogens (tertiary/aromatic N) is 2. The molecule has 2 amide bonds. The van der Waals surface area contributed by atoms with Crippen molar-refractivity contribution in [3.8, 4) is 11.8 Å². The largest absolute Gasteiger partial charge is 0.494 e. The summed E-state index contributed by atoms with van der Waals surface area (Å²) in [5.41, 5.74) is 2.78. The Balaban J connectivity index is 1.73. The summed E-state index contributed by atoms with van der Waals surface area (Å²) in [6, 6.07) is 23.7. The van der Waals surface area contributed by atoms with E-state index in [1.165, 1.54) is 16.7 Å². The van der Waals surface area contributed by atoms with Crippen molar-refractivity contribution in [1.82, 2.24) is 0 Å². The van der Waals surface area contributed by atoms with Gasteiger partial charge in [0.05, 0.1) is 11.9 Å². The van der Waals surface area contributed by atoms with Crippen molar-refractivity contribution < 1.29 is 14.3 Å². The van der Waals surface area contributed by atoms with Crippen LogP contribution in [0.5, 0.6) is 5.75 Å². The van der Waals surface area contributed by atoms with E-state index >= 15 is 0 Å². The van der Waals surface area contributed by atoms with Crippen molar-refractivity contribution in [3.63, 3.8) is 0 Å². The standard InChI is InChI=1S/C28H24ClN3O3S/c1-3-35-22-13-11-21(12-14-22)32-27(34)25(16-19-8-4-5-10-24(19)29)36-28(32)23(17-30)26(33)31-20-9-6-7-18(2)15-20/h4-15,25H,3,16H2,1-2H3,(H,31,33)/b28-23-. The van der Waals surface area contributed by atoms with Gasteiger partial charge in [-0.3, -0.25) is 14.5 Å². The summed E-state index contributed by atoms with van der Waals surface area (Å²) < 4.78 is 5.52. The predicted octanol–water partition coefficient (Wildman–Crippen LogP) is 6.11. The molecule has 1 atom stereocenters. The highest BCUT2D eigenvalue weighted by Gasteiger charge is 2.41. The smallest absolute Gasteiger partial charge is 0.269 e. The number of rotatable bonds is 7. The van der Waals surface area contributed by atoms with Crippen LogP contribution in [0.1, 0.15) is 18.1 Å². The van der Waals surface area contributed by atoms with E-state index in [9.17, 15) is 14.9 Å². The van der Waals surface area contributed by atoms with Gasteiger partial charge in [0, 0.05) is 16.4 Å². The number of nitriles is 1. The van der Waals surface area contributed by atoms with E-state index in [0.717, 1.165) is 11.1 Å². The summed E-state index contributed by atoms with van der Waals surface area (Å²) in [6.07, 6.45) is 0.360. The van der Waals surface area contributed by atoms with Crippen molar-refractivity contribution in [2.24, 2.45) is 0 Å². The SMILES string of the molecule is CCOc1ccc(N2C(=O)C(Cc3ccccc3Cl)S/C2=C(/C#N)C(=O)Nc2cccc(C)c2)cc1. The lowest BCUT2D eigenvalue weighted by Crippen LogP contribution is -2.31. The third-order valence-corrected chi connectivity index (χ3v) is 7.18. The molecule has 1 unspecified atom stereocenters. The molecule has 4 rings (SSSR count). The topological polar surface area (TPSA) is 82.4 Å². The summed E-state index contributed by atoms with van der Waals surface area (Å²) in [7, 11) is 0. The van der Waals surface area contributed by atoms with Gasteiger partial charge in [0.2, 0.25) is 5.91 Å². The maximum absolute atomic E-state index is 13.6. The number of hydrogen-bond acceptors (Lipinski definition) is 5. The minimum absolute atomic E-state index is 0.134. The number of benzene rings is 3. The van der Waals surface area contributed by atoms with Crippen LogP contribution in [0.15, 0.2) is 83.4 Å². The average Bonchev–Trinajstić information content (AvgIpc) is 3.17. The highest BCUT2D eigenvalue weighted by atomic mass is 35.5. The zero-order valence-electron chi connectivity index (χ0n) is 19.8. The zero-order valence-corrected chi connectivity index (χ0v) is 21.4. The van der Waals surface area contributed by atoms with Gasteiger partial charge in [0.1, 0.15) is 22.4 Å². The quantitative estimate of drug-likeness (QED) is 0.302. The van der Waals surface area contributed by atoms with Gasteiger partial charge in [-0.25, -0.2) is 0 Å². The van der Waals surface area contributed by atoms with Crippen LogP contribution < -0.4 is 15.0 Å². The second-order valence-corrected chi connectivity index (χ2v) is 9.72. The molecule has 1 aliphatic heterocycles. The normalized spacial score (nSPS) is 16.4. The lowest BCUT2D eigenvalue weighted by atomic mass is 10.1. The number of hydrogen-bond donors (Lipinski definition) is 1. The lowest BCUT2D eigenvalue weighted by molar-refractivity contribution is -0.117. The molecular weight excluding hydrogens is 494 g/mol. The van der Waals surface area contributed by atoms with Crippen LogP contribution in [0.2, 0.25) is 5.02 Å². The monoisotopic (exact) mass is 517 g/mol. The minimum Gasteiger partial charge on any atom is -0.494 e.